The Morgan fingerprint density at radius 3 is 2.52 bits per heavy atom. The summed E-state index contributed by atoms with van der Waals surface area (Å²) in [6, 6.07) is 14.5. The van der Waals surface area contributed by atoms with E-state index in [0.717, 1.165) is 31.3 Å². The van der Waals surface area contributed by atoms with Crippen molar-refractivity contribution >= 4 is 29.1 Å². The highest BCUT2D eigenvalue weighted by atomic mass is 32.2. The third kappa shape index (κ3) is 6.71. The molecule has 0 spiro atoms. The summed E-state index contributed by atoms with van der Waals surface area (Å²) in [5.74, 6) is -0.633. The van der Waals surface area contributed by atoms with E-state index in [2.05, 4.69) is 29.3 Å². The SMILES string of the molecule is CCN(CCCNC(=O)CSc1ccc(C(C)=O)cc1F)c1ccccc1. The predicted molar refractivity (Wildman–Crippen MR) is 109 cm³/mol. The van der Waals surface area contributed by atoms with E-state index in [4.69, 9.17) is 0 Å². The van der Waals surface area contributed by atoms with Gasteiger partial charge < -0.3 is 10.2 Å². The summed E-state index contributed by atoms with van der Waals surface area (Å²) in [5, 5.41) is 2.87. The maximum Gasteiger partial charge on any atom is 0.230 e. The second-order valence-electron chi connectivity index (χ2n) is 6.11. The largest absolute Gasteiger partial charge is 0.372 e. The molecule has 0 aliphatic heterocycles. The fraction of sp³-hybridized carbons (Fsp3) is 0.333. The first kappa shape index (κ1) is 21.0. The molecule has 0 saturated heterocycles. The molecule has 0 aromatic heterocycles. The van der Waals surface area contributed by atoms with Gasteiger partial charge >= 0.3 is 0 Å². The highest BCUT2D eigenvalue weighted by Crippen LogP contribution is 2.22. The van der Waals surface area contributed by atoms with Crippen molar-refractivity contribution in [3.8, 4) is 0 Å². The Labute approximate surface area is 164 Å². The third-order valence-electron chi connectivity index (χ3n) is 4.13. The van der Waals surface area contributed by atoms with Gasteiger partial charge in [0.2, 0.25) is 5.91 Å². The van der Waals surface area contributed by atoms with Crippen LogP contribution in [-0.2, 0) is 4.79 Å². The normalized spacial score (nSPS) is 10.5. The lowest BCUT2D eigenvalue weighted by molar-refractivity contribution is -0.118. The summed E-state index contributed by atoms with van der Waals surface area (Å²) in [7, 11) is 0. The number of anilines is 1. The lowest BCUT2D eigenvalue weighted by atomic mass is 10.1. The first-order valence-electron chi connectivity index (χ1n) is 9.01. The van der Waals surface area contributed by atoms with Crippen molar-refractivity contribution in [1.29, 1.82) is 0 Å². The monoisotopic (exact) mass is 388 g/mol. The summed E-state index contributed by atoms with van der Waals surface area (Å²) in [4.78, 5) is 25.8. The molecule has 27 heavy (non-hydrogen) atoms. The quantitative estimate of drug-likeness (QED) is 0.377. The van der Waals surface area contributed by atoms with Crippen molar-refractivity contribution < 1.29 is 14.0 Å². The number of hydrogen-bond acceptors (Lipinski definition) is 4. The molecule has 0 bridgehead atoms. The Morgan fingerprint density at radius 2 is 1.89 bits per heavy atom. The molecule has 0 saturated carbocycles. The summed E-state index contributed by atoms with van der Waals surface area (Å²) < 4.78 is 13.9. The smallest absolute Gasteiger partial charge is 0.230 e. The number of rotatable bonds is 10. The number of nitrogens with one attached hydrogen (secondary N) is 1. The molecule has 1 N–H and O–H groups in total. The lowest BCUT2D eigenvalue weighted by Crippen LogP contribution is -2.30. The van der Waals surface area contributed by atoms with Gasteiger partial charge in [-0.15, -0.1) is 11.8 Å². The fourth-order valence-corrected chi connectivity index (χ4v) is 3.39. The van der Waals surface area contributed by atoms with E-state index in [0.29, 0.717) is 17.0 Å². The maximum absolute atomic E-state index is 13.9. The molecule has 1 amide bonds. The van der Waals surface area contributed by atoms with Crippen LogP contribution in [0.2, 0.25) is 0 Å². The van der Waals surface area contributed by atoms with Crippen LogP contribution in [0.25, 0.3) is 0 Å². The van der Waals surface area contributed by atoms with Gasteiger partial charge in [0, 0.05) is 35.8 Å². The second kappa shape index (κ2) is 10.7. The number of hydrogen-bond donors (Lipinski definition) is 1. The van der Waals surface area contributed by atoms with Crippen molar-refractivity contribution in [2.75, 3.05) is 30.3 Å². The highest BCUT2D eigenvalue weighted by Gasteiger charge is 2.10. The van der Waals surface area contributed by atoms with Gasteiger partial charge in [-0.05, 0) is 44.5 Å². The van der Waals surface area contributed by atoms with Crippen molar-refractivity contribution in [3.63, 3.8) is 0 Å². The van der Waals surface area contributed by atoms with Gasteiger partial charge in [-0.1, -0.05) is 24.3 Å². The van der Waals surface area contributed by atoms with Gasteiger partial charge in [0.15, 0.2) is 5.78 Å². The van der Waals surface area contributed by atoms with Gasteiger partial charge in [-0.2, -0.15) is 0 Å². The number of ketones is 1. The van der Waals surface area contributed by atoms with Crippen molar-refractivity contribution in [2.24, 2.45) is 0 Å². The molecular weight excluding hydrogens is 363 g/mol. The topological polar surface area (TPSA) is 49.4 Å². The number of nitrogens with zero attached hydrogens (tertiary/aromatic N) is 1. The molecule has 0 radical (unpaired) electrons. The Balaban J connectivity index is 1.71. The van der Waals surface area contributed by atoms with Crippen LogP contribution in [0.4, 0.5) is 10.1 Å². The van der Waals surface area contributed by atoms with Crippen LogP contribution < -0.4 is 10.2 Å². The zero-order valence-corrected chi connectivity index (χ0v) is 16.5. The fourth-order valence-electron chi connectivity index (χ4n) is 2.64. The second-order valence-corrected chi connectivity index (χ2v) is 7.13. The zero-order chi connectivity index (χ0) is 19.6. The standard InChI is InChI=1S/C21H25FN2O2S/c1-3-24(18-8-5-4-6-9-18)13-7-12-23-21(26)15-27-20-11-10-17(16(2)25)14-19(20)22/h4-6,8-11,14H,3,7,12-13,15H2,1-2H3,(H,23,26). The van der Waals surface area contributed by atoms with E-state index < -0.39 is 5.82 Å². The molecule has 2 rings (SSSR count). The summed E-state index contributed by atoms with van der Waals surface area (Å²) >= 11 is 1.13. The molecule has 2 aromatic rings. The lowest BCUT2D eigenvalue weighted by Gasteiger charge is -2.23. The molecule has 4 nitrogen and oxygen atoms in total. The average molecular weight is 389 g/mol. The van der Waals surface area contributed by atoms with Crippen LogP contribution in [0.3, 0.4) is 0 Å². The third-order valence-corrected chi connectivity index (χ3v) is 5.18. The van der Waals surface area contributed by atoms with Crippen molar-refractivity contribution in [3.05, 3.63) is 59.9 Å². The molecule has 0 unspecified atom stereocenters. The van der Waals surface area contributed by atoms with Crippen LogP contribution >= 0.6 is 11.8 Å². The number of para-hydroxylation sites is 1. The molecule has 0 heterocycles. The molecule has 6 heteroatoms. The molecule has 0 aliphatic rings. The van der Waals surface area contributed by atoms with Gasteiger partial charge in [-0.3, -0.25) is 9.59 Å². The number of Topliss-reactive ketones (excluding diaryl/α,β-unsaturated/α-hetero) is 1. The molecule has 2 aromatic carbocycles. The Kier molecular flexibility index (Phi) is 8.33. The summed E-state index contributed by atoms with van der Waals surface area (Å²) in [6.07, 6.45) is 0.834. The minimum absolute atomic E-state index is 0.127. The van der Waals surface area contributed by atoms with Crippen LogP contribution in [-0.4, -0.2) is 37.1 Å². The minimum atomic E-state index is -0.470. The van der Waals surface area contributed by atoms with Crippen LogP contribution in [0, 0.1) is 5.82 Å². The van der Waals surface area contributed by atoms with Crippen LogP contribution in [0.1, 0.15) is 30.6 Å². The number of amides is 1. The number of benzene rings is 2. The van der Waals surface area contributed by atoms with E-state index in [-0.39, 0.29) is 17.4 Å². The first-order valence-corrected chi connectivity index (χ1v) is 9.99. The van der Waals surface area contributed by atoms with E-state index >= 15 is 0 Å². The minimum Gasteiger partial charge on any atom is -0.372 e. The molecule has 0 fully saturated rings. The van der Waals surface area contributed by atoms with E-state index in [1.807, 2.05) is 18.2 Å². The maximum atomic E-state index is 13.9. The number of carbonyl (C=O) groups excluding carboxylic acids is 2. The Bertz CT molecular complexity index is 768. The highest BCUT2D eigenvalue weighted by molar-refractivity contribution is 8.00. The number of thioether (sulfide) groups is 1. The van der Waals surface area contributed by atoms with Crippen LogP contribution in [0.15, 0.2) is 53.4 Å². The predicted octanol–water partition coefficient (Wildman–Crippen LogP) is 4.15. The first-order chi connectivity index (χ1) is 13.0. The van der Waals surface area contributed by atoms with Crippen molar-refractivity contribution in [1.82, 2.24) is 5.32 Å². The van der Waals surface area contributed by atoms with E-state index in [9.17, 15) is 14.0 Å². The molecule has 0 atom stereocenters. The van der Waals surface area contributed by atoms with Gasteiger partial charge in [0.1, 0.15) is 5.82 Å². The Hall–Kier alpha value is -2.34. The zero-order valence-electron chi connectivity index (χ0n) is 15.7. The molecule has 0 aliphatic carbocycles. The Morgan fingerprint density at radius 1 is 1.15 bits per heavy atom. The van der Waals surface area contributed by atoms with Crippen molar-refractivity contribution in [2.45, 2.75) is 25.2 Å². The average Bonchev–Trinajstić information content (AvgIpc) is 2.67. The molecule has 144 valence electrons. The van der Waals surface area contributed by atoms with Gasteiger partial charge in [0.05, 0.1) is 5.75 Å². The summed E-state index contributed by atoms with van der Waals surface area (Å²) in [6.45, 7) is 5.84. The van der Waals surface area contributed by atoms with Gasteiger partial charge in [0.25, 0.3) is 0 Å². The van der Waals surface area contributed by atoms with Crippen LogP contribution in [0.5, 0.6) is 0 Å². The molecular formula is C21H25FN2O2S. The summed E-state index contributed by atoms with van der Waals surface area (Å²) in [5.41, 5.74) is 1.51. The number of halogens is 1. The number of carbonyl (C=O) groups is 2. The van der Waals surface area contributed by atoms with E-state index in [1.165, 1.54) is 18.7 Å². The van der Waals surface area contributed by atoms with Gasteiger partial charge in [-0.25, -0.2) is 4.39 Å². The van der Waals surface area contributed by atoms with E-state index in [1.54, 1.807) is 12.1 Å².